The van der Waals surface area contributed by atoms with Crippen LogP contribution in [0.15, 0.2) is 4.99 Å². The van der Waals surface area contributed by atoms with Crippen molar-refractivity contribution in [1.29, 1.82) is 0 Å². The van der Waals surface area contributed by atoms with E-state index in [1.807, 2.05) is 19.0 Å². The standard InChI is InChI=1S/C11H23N3O/c1-5-12-10(14(3)4)13-9-11(2)7-6-8-15-11/h5-9H2,1-4H3,(H,12,13). The van der Waals surface area contributed by atoms with Gasteiger partial charge in [-0.2, -0.15) is 0 Å². The fourth-order valence-corrected chi connectivity index (χ4v) is 1.72. The summed E-state index contributed by atoms with van der Waals surface area (Å²) in [5, 5.41) is 3.24. The SMILES string of the molecule is CCNC(=NCC1(C)CCCO1)N(C)C. The maximum absolute atomic E-state index is 5.70. The molecule has 4 heteroatoms. The van der Waals surface area contributed by atoms with Gasteiger partial charge in [0.05, 0.1) is 12.1 Å². The zero-order valence-corrected chi connectivity index (χ0v) is 10.3. The molecule has 0 spiro atoms. The number of hydrogen-bond donors (Lipinski definition) is 1. The first-order chi connectivity index (χ1) is 7.07. The average Bonchev–Trinajstić information content (AvgIpc) is 2.60. The fraction of sp³-hybridized carbons (Fsp3) is 0.909. The number of nitrogens with one attached hydrogen (secondary N) is 1. The first kappa shape index (κ1) is 12.3. The summed E-state index contributed by atoms with van der Waals surface area (Å²) in [6.45, 7) is 6.74. The predicted molar refractivity (Wildman–Crippen MR) is 63.3 cm³/mol. The first-order valence-corrected chi connectivity index (χ1v) is 5.67. The Hall–Kier alpha value is -0.770. The average molecular weight is 213 g/mol. The van der Waals surface area contributed by atoms with Crippen molar-refractivity contribution in [1.82, 2.24) is 10.2 Å². The molecule has 4 nitrogen and oxygen atoms in total. The maximum Gasteiger partial charge on any atom is 0.193 e. The van der Waals surface area contributed by atoms with E-state index in [0.29, 0.717) is 0 Å². The molecule has 1 aliphatic rings. The molecule has 1 atom stereocenters. The monoisotopic (exact) mass is 213 g/mol. The van der Waals surface area contributed by atoms with Gasteiger partial charge in [-0.3, -0.25) is 4.99 Å². The van der Waals surface area contributed by atoms with Crippen molar-refractivity contribution < 1.29 is 4.74 Å². The lowest BCUT2D eigenvalue weighted by atomic mass is 10.0. The summed E-state index contributed by atoms with van der Waals surface area (Å²) in [4.78, 5) is 6.57. The fourth-order valence-electron chi connectivity index (χ4n) is 1.72. The minimum Gasteiger partial charge on any atom is -0.373 e. The van der Waals surface area contributed by atoms with Crippen LogP contribution in [0.4, 0.5) is 0 Å². The van der Waals surface area contributed by atoms with Gasteiger partial charge in [-0.05, 0) is 26.7 Å². The molecule has 0 aromatic rings. The van der Waals surface area contributed by atoms with Gasteiger partial charge in [-0.15, -0.1) is 0 Å². The van der Waals surface area contributed by atoms with E-state index in [9.17, 15) is 0 Å². The van der Waals surface area contributed by atoms with Crippen LogP contribution in [0.1, 0.15) is 26.7 Å². The second-order valence-electron chi connectivity index (χ2n) is 4.47. The zero-order valence-electron chi connectivity index (χ0n) is 10.3. The molecule has 1 aliphatic heterocycles. The molecule has 0 aliphatic carbocycles. The van der Waals surface area contributed by atoms with Crippen molar-refractivity contribution in [2.24, 2.45) is 4.99 Å². The predicted octanol–water partition coefficient (Wildman–Crippen LogP) is 1.08. The highest BCUT2D eigenvalue weighted by Gasteiger charge is 2.29. The maximum atomic E-state index is 5.70. The van der Waals surface area contributed by atoms with E-state index in [2.05, 4.69) is 24.2 Å². The molecule has 1 unspecified atom stereocenters. The molecule has 1 heterocycles. The lowest BCUT2D eigenvalue weighted by molar-refractivity contribution is 0.0282. The highest BCUT2D eigenvalue weighted by Crippen LogP contribution is 2.25. The smallest absolute Gasteiger partial charge is 0.193 e. The largest absolute Gasteiger partial charge is 0.373 e. The van der Waals surface area contributed by atoms with Gasteiger partial charge in [0, 0.05) is 27.2 Å². The van der Waals surface area contributed by atoms with E-state index in [1.165, 1.54) is 0 Å². The normalized spacial score (nSPS) is 26.8. The van der Waals surface area contributed by atoms with Crippen LogP contribution in [0.2, 0.25) is 0 Å². The van der Waals surface area contributed by atoms with E-state index in [-0.39, 0.29) is 5.60 Å². The molecule has 0 bridgehead atoms. The third kappa shape index (κ3) is 3.70. The first-order valence-electron chi connectivity index (χ1n) is 5.67. The molecular weight excluding hydrogens is 190 g/mol. The van der Waals surface area contributed by atoms with Crippen molar-refractivity contribution in [2.75, 3.05) is 33.8 Å². The highest BCUT2D eigenvalue weighted by atomic mass is 16.5. The number of guanidine groups is 1. The molecule has 1 N–H and O–H groups in total. The van der Waals surface area contributed by atoms with Crippen molar-refractivity contribution in [3.05, 3.63) is 0 Å². The van der Waals surface area contributed by atoms with Crippen molar-refractivity contribution in [2.45, 2.75) is 32.3 Å². The minimum atomic E-state index is -0.0450. The van der Waals surface area contributed by atoms with Crippen molar-refractivity contribution in [3.63, 3.8) is 0 Å². The van der Waals surface area contributed by atoms with Crippen LogP contribution in [-0.2, 0) is 4.74 Å². The second-order valence-corrected chi connectivity index (χ2v) is 4.47. The number of hydrogen-bond acceptors (Lipinski definition) is 2. The Balaban J connectivity index is 2.52. The van der Waals surface area contributed by atoms with Crippen LogP contribution < -0.4 is 5.32 Å². The third-order valence-corrected chi connectivity index (χ3v) is 2.62. The quantitative estimate of drug-likeness (QED) is 0.563. The van der Waals surface area contributed by atoms with E-state index < -0.39 is 0 Å². The summed E-state index contributed by atoms with van der Waals surface area (Å²) in [6, 6.07) is 0. The van der Waals surface area contributed by atoms with Crippen molar-refractivity contribution >= 4 is 5.96 Å². The molecule has 0 aromatic carbocycles. The van der Waals surface area contributed by atoms with Gasteiger partial charge in [0.1, 0.15) is 0 Å². The molecule has 88 valence electrons. The van der Waals surface area contributed by atoms with E-state index in [1.54, 1.807) is 0 Å². The van der Waals surface area contributed by atoms with Gasteiger partial charge < -0.3 is 15.0 Å². The summed E-state index contributed by atoms with van der Waals surface area (Å²) < 4.78 is 5.70. The van der Waals surface area contributed by atoms with Gasteiger partial charge in [-0.25, -0.2) is 0 Å². The number of rotatable bonds is 3. The van der Waals surface area contributed by atoms with Crippen LogP contribution in [0.5, 0.6) is 0 Å². The summed E-state index contributed by atoms with van der Waals surface area (Å²) in [5.41, 5.74) is -0.0450. The molecule has 0 radical (unpaired) electrons. The van der Waals surface area contributed by atoms with Gasteiger partial charge in [0.25, 0.3) is 0 Å². The lowest BCUT2D eigenvalue weighted by Gasteiger charge is -2.23. The van der Waals surface area contributed by atoms with Gasteiger partial charge in [0.2, 0.25) is 0 Å². The van der Waals surface area contributed by atoms with Crippen LogP contribution in [0, 0.1) is 0 Å². The third-order valence-electron chi connectivity index (χ3n) is 2.62. The molecule has 0 saturated carbocycles. The zero-order chi connectivity index (χ0) is 11.3. The molecule has 1 saturated heterocycles. The molecule has 0 aromatic heterocycles. The minimum absolute atomic E-state index is 0.0450. The number of nitrogens with zero attached hydrogens (tertiary/aromatic N) is 2. The molecule has 1 fully saturated rings. The molecule has 15 heavy (non-hydrogen) atoms. The Morgan fingerprint density at radius 2 is 2.27 bits per heavy atom. The second kappa shape index (κ2) is 5.35. The molecular formula is C11H23N3O. The van der Waals surface area contributed by atoms with Gasteiger partial charge in [0.15, 0.2) is 5.96 Å². The van der Waals surface area contributed by atoms with Crippen LogP contribution in [-0.4, -0.2) is 50.3 Å². The Morgan fingerprint density at radius 1 is 1.53 bits per heavy atom. The van der Waals surface area contributed by atoms with Crippen molar-refractivity contribution in [3.8, 4) is 0 Å². The highest BCUT2D eigenvalue weighted by molar-refractivity contribution is 5.79. The summed E-state index contributed by atoms with van der Waals surface area (Å²) in [6.07, 6.45) is 2.27. The van der Waals surface area contributed by atoms with E-state index >= 15 is 0 Å². The summed E-state index contributed by atoms with van der Waals surface area (Å²) in [5.74, 6) is 0.939. The number of aliphatic imine (C=N–C) groups is 1. The number of ether oxygens (including phenoxy) is 1. The van der Waals surface area contributed by atoms with Gasteiger partial charge >= 0.3 is 0 Å². The Bertz CT molecular complexity index is 220. The van der Waals surface area contributed by atoms with E-state index in [4.69, 9.17) is 4.74 Å². The Morgan fingerprint density at radius 3 is 2.73 bits per heavy atom. The lowest BCUT2D eigenvalue weighted by Crippen LogP contribution is -2.38. The Kier molecular flexibility index (Phi) is 4.39. The molecule has 0 amide bonds. The van der Waals surface area contributed by atoms with Crippen LogP contribution in [0.25, 0.3) is 0 Å². The Labute approximate surface area is 92.7 Å². The van der Waals surface area contributed by atoms with Gasteiger partial charge in [-0.1, -0.05) is 0 Å². The van der Waals surface area contributed by atoms with E-state index in [0.717, 1.165) is 38.5 Å². The molecule has 1 rings (SSSR count). The topological polar surface area (TPSA) is 36.9 Å². The van der Waals surface area contributed by atoms with Crippen LogP contribution >= 0.6 is 0 Å². The van der Waals surface area contributed by atoms with Crippen LogP contribution in [0.3, 0.4) is 0 Å². The summed E-state index contributed by atoms with van der Waals surface area (Å²) >= 11 is 0. The summed E-state index contributed by atoms with van der Waals surface area (Å²) in [7, 11) is 4.00.